The molecule has 0 saturated heterocycles. The van der Waals surface area contributed by atoms with Crippen LogP contribution in [0.1, 0.15) is 13.8 Å². The van der Waals surface area contributed by atoms with Gasteiger partial charge in [0, 0.05) is 6.54 Å². The summed E-state index contributed by atoms with van der Waals surface area (Å²) in [4.78, 5) is 17.5. The van der Waals surface area contributed by atoms with Gasteiger partial charge in [-0.05, 0) is 13.8 Å². The molecule has 5 heteroatoms. The number of alkyl halides is 1. The molecule has 14 heavy (non-hydrogen) atoms. The summed E-state index contributed by atoms with van der Waals surface area (Å²) in [7, 11) is 0. The van der Waals surface area contributed by atoms with Gasteiger partial charge in [-0.25, -0.2) is 0 Å². The second kappa shape index (κ2) is 4.95. The van der Waals surface area contributed by atoms with Crippen LogP contribution in [0.15, 0.2) is 4.99 Å². The van der Waals surface area contributed by atoms with Crippen LogP contribution >= 0.6 is 22.6 Å². The number of halogens is 1. The zero-order chi connectivity index (χ0) is 10.6. The fourth-order valence-corrected chi connectivity index (χ4v) is 1.17. The highest BCUT2D eigenvalue weighted by Crippen LogP contribution is 2.18. The lowest BCUT2D eigenvalue weighted by Crippen LogP contribution is -2.31. The van der Waals surface area contributed by atoms with Crippen LogP contribution in [0.2, 0.25) is 0 Å². The van der Waals surface area contributed by atoms with Crippen molar-refractivity contribution in [3.05, 3.63) is 0 Å². The van der Waals surface area contributed by atoms with Gasteiger partial charge in [0.15, 0.2) is 0 Å². The molecule has 0 amide bonds. The van der Waals surface area contributed by atoms with Crippen molar-refractivity contribution in [3.63, 3.8) is 0 Å². The Balaban J connectivity index is 2.15. The maximum Gasteiger partial charge on any atom is 0.321 e. The third-order valence-corrected chi connectivity index (χ3v) is 2.30. The summed E-state index contributed by atoms with van der Waals surface area (Å²) in [5, 5.41) is 0. The topological polar surface area (TPSA) is 41.9 Å². The molecule has 0 spiro atoms. The Morgan fingerprint density at radius 2 is 2.43 bits per heavy atom. The summed E-state index contributed by atoms with van der Waals surface area (Å²) in [5.41, 5.74) is 0. The number of hydrogen-bond donors (Lipinski definition) is 0. The highest BCUT2D eigenvalue weighted by molar-refractivity contribution is 14.1. The molecule has 80 valence electrons. The summed E-state index contributed by atoms with van der Waals surface area (Å²) in [6.07, 6.45) is 1.81. The Bertz CT molecular complexity index is 235. The van der Waals surface area contributed by atoms with E-state index in [1.165, 1.54) is 0 Å². The first-order chi connectivity index (χ1) is 6.50. The van der Waals surface area contributed by atoms with Crippen molar-refractivity contribution in [2.24, 2.45) is 4.99 Å². The van der Waals surface area contributed by atoms with Crippen LogP contribution in [0.4, 0.5) is 0 Å². The number of aliphatic imine (C=N–C) groups is 1. The van der Waals surface area contributed by atoms with Crippen LogP contribution in [0, 0.1) is 0 Å². The highest BCUT2D eigenvalue weighted by atomic mass is 127. The Morgan fingerprint density at radius 1 is 1.71 bits per heavy atom. The zero-order valence-electron chi connectivity index (χ0n) is 8.49. The van der Waals surface area contributed by atoms with E-state index in [2.05, 4.69) is 27.6 Å². The Hall–Kier alpha value is -0.330. The average Bonchev–Trinajstić information content (AvgIpc) is 2.55. The lowest BCUT2D eigenvalue weighted by Gasteiger charge is -2.17. The minimum Gasteiger partial charge on any atom is -0.463 e. The van der Waals surface area contributed by atoms with E-state index in [1.807, 2.05) is 25.1 Å². The molecule has 0 aliphatic carbocycles. The van der Waals surface area contributed by atoms with Crippen molar-refractivity contribution in [2.45, 2.75) is 17.3 Å². The lowest BCUT2D eigenvalue weighted by atomic mass is 10.2. The van der Waals surface area contributed by atoms with Crippen LogP contribution in [0.5, 0.6) is 0 Å². The van der Waals surface area contributed by atoms with Gasteiger partial charge in [-0.1, -0.05) is 22.6 Å². The van der Waals surface area contributed by atoms with E-state index in [0.29, 0.717) is 6.61 Å². The number of esters is 1. The molecule has 1 aliphatic rings. The Morgan fingerprint density at radius 3 is 2.93 bits per heavy atom. The molecular weight excluding hydrogens is 295 g/mol. The highest BCUT2D eigenvalue weighted by Gasteiger charge is 2.25. The van der Waals surface area contributed by atoms with Crippen LogP contribution in [-0.4, -0.2) is 46.9 Å². The summed E-state index contributed by atoms with van der Waals surface area (Å²) in [5.74, 6) is -0.158. The first kappa shape index (κ1) is 11.7. The first-order valence-corrected chi connectivity index (χ1v) is 5.68. The van der Waals surface area contributed by atoms with Gasteiger partial charge in [0.2, 0.25) is 0 Å². The quantitative estimate of drug-likeness (QED) is 0.443. The lowest BCUT2D eigenvalue weighted by molar-refractivity contribution is -0.145. The van der Waals surface area contributed by atoms with Gasteiger partial charge in [0.05, 0.1) is 19.4 Å². The second-order valence-electron chi connectivity index (χ2n) is 3.67. The molecule has 0 N–H and O–H groups in total. The summed E-state index contributed by atoms with van der Waals surface area (Å²) in [6, 6.07) is 0. The van der Waals surface area contributed by atoms with Gasteiger partial charge >= 0.3 is 5.97 Å². The molecule has 0 unspecified atom stereocenters. The number of rotatable bonds is 4. The molecule has 0 fully saturated rings. The van der Waals surface area contributed by atoms with Gasteiger partial charge in [-0.3, -0.25) is 9.79 Å². The predicted octanol–water partition coefficient (Wildman–Crippen LogP) is 1.09. The van der Waals surface area contributed by atoms with Crippen molar-refractivity contribution < 1.29 is 9.53 Å². The third-order valence-electron chi connectivity index (χ3n) is 1.86. The molecule has 0 radical (unpaired) electrons. The Kier molecular flexibility index (Phi) is 4.15. The predicted molar refractivity (Wildman–Crippen MR) is 64.0 cm³/mol. The van der Waals surface area contributed by atoms with E-state index >= 15 is 0 Å². The number of ether oxygens (including phenoxy) is 1. The minimum absolute atomic E-state index is 0.158. The SMILES string of the molecule is CC(C)(I)C(=O)OCCN1C=NCC1. The monoisotopic (exact) mass is 310 g/mol. The smallest absolute Gasteiger partial charge is 0.321 e. The van der Waals surface area contributed by atoms with E-state index in [0.717, 1.165) is 19.6 Å². The molecule has 1 rings (SSSR count). The first-order valence-electron chi connectivity index (χ1n) is 4.60. The van der Waals surface area contributed by atoms with Gasteiger partial charge in [0.1, 0.15) is 10.0 Å². The van der Waals surface area contributed by atoms with Crippen LogP contribution in [0.3, 0.4) is 0 Å². The number of hydrogen-bond acceptors (Lipinski definition) is 4. The largest absolute Gasteiger partial charge is 0.463 e. The maximum absolute atomic E-state index is 11.4. The van der Waals surface area contributed by atoms with Crippen molar-refractivity contribution in [1.82, 2.24) is 4.90 Å². The standard InChI is InChI=1S/C9H15IN2O2/c1-9(2,10)8(13)14-6-5-12-4-3-11-7-12/h7H,3-6H2,1-2H3. The van der Waals surface area contributed by atoms with Gasteiger partial charge in [0.25, 0.3) is 0 Å². The van der Waals surface area contributed by atoms with Gasteiger partial charge < -0.3 is 9.64 Å². The fourth-order valence-electron chi connectivity index (χ4n) is 1.01. The zero-order valence-corrected chi connectivity index (χ0v) is 10.7. The molecule has 0 saturated carbocycles. The van der Waals surface area contributed by atoms with Crippen LogP contribution in [0.25, 0.3) is 0 Å². The fraction of sp³-hybridized carbons (Fsp3) is 0.778. The van der Waals surface area contributed by atoms with Crippen molar-refractivity contribution >= 4 is 34.9 Å². The van der Waals surface area contributed by atoms with E-state index in [4.69, 9.17) is 4.74 Å². The molecule has 0 bridgehead atoms. The molecule has 4 nitrogen and oxygen atoms in total. The van der Waals surface area contributed by atoms with E-state index in [-0.39, 0.29) is 5.97 Å². The molecular formula is C9H15IN2O2. The molecule has 0 atom stereocenters. The van der Waals surface area contributed by atoms with Crippen molar-refractivity contribution in [3.8, 4) is 0 Å². The van der Waals surface area contributed by atoms with Crippen molar-refractivity contribution in [2.75, 3.05) is 26.2 Å². The number of carbonyl (C=O) groups is 1. The average molecular weight is 310 g/mol. The molecule has 0 aromatic rings. The Labute approximate surface area is 97.8 Å². The number of nitrogens with zero attached hydrogens (tertiary/aromatic N) is 2. The van der Waals surface area contributed by atoms with Crippen LogP contribution in [-0.2, 0) is 9.53 Å². The van der Waals surface area contributed by atoms with Gasteiger partial charge in [-0.2, -0.15) is 0 Å². The third kappa shape index (κ3) is 3.81. The minimum atomic E-state index is -0.434. The number of carbonyl (C=O) groups excluding carboxylic acids is 1. The van der Waals surface area contributed by atoms with E-state index < -0.39 is 3.42 Å². The molecule has 0 aromatic carbocycles. The van der Waals surface area contributed by atoms with E-state index in [9.17, 15) is 4.79 Å². The van der Waals surface area contributed by atoms with Gasteiger partial charge in [-0.15, -0.1) is 0 Å². The summed E-state index contributed by atoms with van der Waals surface area (Å²) >= 11 is 2.08. The van der Waals surface area contributed by atoms with Crippen molar-refractivity contribution in [1.29, 1.82) is 0 Å². The maximum atomic E-state index is 11.4. The summed E-state index contributed by atoms with van der Waals surface area (Å²) in [6.45, 7) is 6.65. The van der Waals surface area contributed by atoms with E-state index in [1.54, 1.807) is 0 Å². The summed E-state index contributed by atoms with van der Waals surface area (Å²) < 4.78 is 4.68. The molecule has 1 aliphatic heterocycles. The normalized spacial score (nSPS) is 16.1. The second-order valence-corrected chi connectivity index (χ2v) is 6.36. The molecule has 1 heterocycles. The van der Waals surface area contributed by atoms with Crippen LogP contribution < -0.4 is 0 Å². The molecule has 0 aromatic heterocycles.